The first-order valence-electron chi connectivity index (χ1n) is 11.2. The van der Waals surface area contributed by atoms with E-state index >= 15 is 0 Å². The average Bonchev–Trinajstić information content (AvgIpc) is 3.26. The van der Waals surface area contributed by atoms with Gasteiger partial charge in [0.15, 0.2) is 6.61 Å². The highest BCUT2D eigenvalue weighted by Gasteiger charge is 2.21. The number of rotatable bonds is 9. The molecule has 1 aliphatic heterocycles. The van der Waals surface area contributed by atoms with E-state index in [-0.39, 0.29) is 12.5 Å². The van der Waals surface area contributed by atoms with Crippen LogP contribution in [0.1, 0.15) is 5.56 Å². The molecule has 0 atom stereocenters. The van der Waals surface area contributed by atoms with Crippen molar-refractivity contribution in [3.05, 3.63) is 72.4 Å². The summed E-state index contributed by atoms with van der Waals surface area (Å²) in [6.07, 6.45) is 6.37. The molecule has 32 heavy (non-hydrogen) atoms. The topological polar surface area (TPSA) is 46.9 Å². The molecule has 4 rings (SSSR count). The van der Waals surface area contributed by atoms with E-state index in [1.807, 2.05) is 47.5 Å². The van der Waals surface area contributed by atoms with Crippen LogP contribution in [-0.4, -0.2) is 73.3 Å². The largest absolute Gasteiger partial charge is 0.483 e. The standard InChI is InChI=1S/C26H31N3O3/c1-31-20-19-28-14-12-23-24(28)10-5-11-25(23)32-21-26(30)29-17-15-27(16-18-29)13-6-9-22-7-3-2-4-8-22/h2-12,14H,13,15-21H2,1H3/b9-6+. The van der Waals surface area contributed by atoms with Crippen molar-refractivity contribution < 1.29 is 14.3 Å². The third kappa shape index (κ3) is 5.58. The van der Waals surface area contributed by atoms with Gasteiger partial charge in [-0.15, -0.1) is 0 Å². The minimum Gasteiger partial charge on any atom is -0.483 e. The van der Waals surface area contributed by atoms with Gasteiger partial charge in [-0.05, 0) is 23.8 Å². The summed E-state index contributed by atoms with van der Waals surface area (Å²) in [6, 6.07) is 18.3. The molecular formula is C26H31N3O3. The molecule has 6 nitrogen and oxygen atoms in total. The van der Waals surface area contributed by atoms with E-state index in [1.165, 1.54) is 5.56 Å². The maximum Gasteiger partial charge on any atom is 0.260 e. The molecule has 1 fully saturated rings. The summed E-state index contributed by atoms with van der Waals surface area (Å²) >= 11 is 0. The molecule has 0 bridgehead atoms. The number of ether oxygens (including phenoxy) is 2. The average molecular weight is 434 g/mol. The van der Waals surface area contributed by atoms with Gasteiger partial charge in [0.05, 0.1) is 12.1 Å². The number of hydrogen-bond donors (Lipinski definition) is 0. The Balaban J connectivity index is 1.25. The lowest BCUT2D eigenvalue weighted by Crippen LogP contribution is -2.49. The Morgan fingerprint density at radius 3 is 2.59 bits per heavy atom. The molecule has 168 valence electrons. The third-order valence-corrected chi connectivity index (χ3v) is 5.86. The predicted molar refractivity (Wildman–Crippen MR) is 128 cm³/mol. The summed E-state index contributed by atoms with van der Waals surface area (Å²) in [5.41, 5.74) is 2.30. The van der Waals surface area contributed by atoms with E-state index < -0.39 is 0 Å². The number of fused-ring (bicyclic) bond motifs is 1. The maximum absolute atomic E-state index is 12.7. The second-order valence-electron chi connectivity index (χ2n) is 7.97. The van der Waals surface area contributed by atoms with Gasteiger partial charge in [-0.1, -0.05) is 48.6 Å². The van der Waals surface area contributed by atoms with E-state index in [9.17, 15) is 4.79 Å². The van der Waals surface area contributed by atoms with Crippen molar-refractivity contribution in [3.8, 4) is 5.75 Å². The SMILES string of the molecule is COCCn1ccc2c(OCC(=O)N3CCN(C/C=C/c4ccccc4)CC3)cccc21. The second kappa shape index (κ2) is 11.0. The normalized spacial score (nSPS) is 15.0. The van der Waals surface area contributed by atoms with E-state index in [4.69, 9.17) is 9.47 Å². The zero-order valence-corrected chi connectivity index (χ0v) is 18.7. The van der Waals surface area contributed by atoms with Gasteiger partial charge < -0.3 is 18.9 Å². The number of hydrogen-bond acceptors (Lipinski definition) is 4. The number of carbonyl (C=O) groups is 1. The van der Waals surface area contributed by atoms with Gasteiger partial charge in [0.1, 0.15) is 5.75 Å². The van der Waals surface area contributed by atoms with Crippen molar-refractivity contribution in [1.82, 2.24) is 14.4 Å². The lowest BCUT2D eigenvalue weighted by atomic mass is 10.2. The van der Waals surface area contributed by atoms with E-state index in [1.54, 1.807) is 7.11 Å². The predicted octanol–water partition coefficient (Wildman–Crippen LogP) is 3.52. The summed E-state index contributed by atoms with van der Waals surface area (Å²) in [4.78, 5) is 17.0. The molecule has 2 heterocycles. The Bertz CT molecular complexity index is 1040. The lowest BCUT2D eigenvalue weighted by molar-refractivity contribution is -0.135. The van der Waals surface area contributed by atoms with Crippen LogP contribution in [0.25, 0.3) is 17.0 Å². The molecule has 1 saturated heterocycles. The summed E-state index contributed by atoms with van der Waals surface area (Å²) in [6.45, 7) is 5.63. The van der Waals surface area contributed by atoms with Crippen molar-refractivity contribution in [1.29, 1.82) is 0 Å². The van der Waals surface area contributed by atoms with Crippen molar-refractivity contribution in [2.24, 2.45) is 0 Å². The highest BCUT2D eigenvalue weighted by molar-refractivity contribution is 5.87. The minimum atomic E-state index is 0.0419. The first-order chi connectivity index (χ1) is 15.7. The van der Waals surface area contributed by atoms with E-state index in [0.717, 1.165) is 55.9 Å². The Labute approximate surface area is 189 Å². The summed E-state index contributed by atoms with van der Waals surface area (Å²) in [5, 5.41) is 1.02. The van der Waals surface area contributed by atoms with Crippen LogP contribution in [0.5, 0.6) is 5.75 Å². The van der Waals surface area contributed by atoms with Gasteiger partial charge >= 0.3 is 0 Å². The van der Waals surface area contributed by atoms with Crippen LogP contribution in [0.4, 0.5) is 0 Å². The molecular weight excluding hydrogens is 402 g/mol. The number of piperazine rings is 1. The molecule has 1 aromatic heterocycles. The maximum atomic E-state index is 12.7. The second-order valence-corrected chi connectivity index (χ2v) is 7.97. The first-order valence-corrected chi connectivity index (χ1v) is 11.2. The molecule has 0 spiro atoms. The molecule has 0 N–H and O–H groups in total. The van der Waals surface area contributed by atoms with Crippen LogP contribution in [0.3, 0.4) is 0 Å². The molecule has 3 aromatic rings. The molecule has 1 amide bonds. The Morgan fingerprint density at radius 1 is 1.00 bits per heavy atom. The monoisotopic (exact) mass is 433 g/mol. The van der Waals surface area contributed by atoms with Crippen LogP contribution in [0, 0.1) is 0 Å². The quantitative estimate of drug-likeness (QED) is 0.518. The number of nitrogens with zero attached hydrogens (tertiary/aromatic N) is 3. The van der Waals surface area contributed by atoms with Crippen LogP contribution < -0.4 is 4.74 Å². The van der Waals surface area contributed by atoms with Gasteiger partial charge in [-0.25, -0.2) is 0 Å². The zero-order chi connectivity index (χ0) is 22.2. The fourth-order valence-corrected chi connectivity index (χ4v) is 4.02. The number of methoxy groups -OCH3 is 1. The first kappa shape index (κ1) is 22.1. The van der Waals surface area contributed by atoms with E-state index in [2.05, 4.69) is 39.8 Å². The van der Waals surface area contributed by atoms with E-state index in [0.29, 0.717) is 6.61 Å². The van der Waals surface area contributed by atoms with Crippen molar-refractivity contribution >= 4 is 22.9 Å². The number of carbonyl (C=O) groups excluding carboxylic acids is 1. The molecule has 1 aliphatic rings. The Hall–Kier alpha value is -3.09. The highest BCUT2D eigenvalue weighted by atomic mass is 16.5. The Kier molecular flexibility index (Phi) is 7.59. The molecule has 0 saturated carbocycles. The number of amides is 1. The number of aromatic nitrogens is 1. The molecule has 0 radical (unpaired) electrons. The van der Waals surface area contributed by atoms with Gasteiger partial charge in [-0.3, -0.25) is 9.69 Å². The smallest absolute Gasteiger partial charge is 0.260 e. The van der Waals surface area contributed by atoms with Crippen molar-refractivity contribution in [2.45, 2.75) is 6.54 Å². The van der Waals surface area contributed by atoms with Crippen molar-refractivity contribution in [2.75, 3.05) is 53.0 Å². The van der Waals surface area contributed by atoms with Crippen LogP contribution in [-0.2, 0) is 16.1 Å². The Morgan fingerprint density at radius 2 is 1.81 bits per heavy atom. The summed E-state index contributed by atoms with van der Waals surface area (Å²) in [7, 11) is 1.70. The van der Waals surface area contributed by atoms with Crippen LogP contribution in [0.2, 0.25) is 0 Å². The zero-order valence-electron chi connectivity index (χ0n) is 18.7. The summed E-state index contributed by atoms with van der Waals surface area (Å²) < 4.78 is 13.3. The van der Waals surface area contributed by atoms with Crippen molar-refractivity contribution in [3.63, 3.8) is 0 Å². The van der Waals surface area contributed by atoms with Crippen LogP contribution >= 0.6 is 0 Å². The highest BCUT2D eigenvalue weighted by Crippen LogP contribution is 2.26. The minimum absolute atomic E-state index is 0.0419. The fraction of sp³-hybridized carbons (Fsp3) is 0.346. The van der Waals surface area contributed by atoms with Crippen LogP contribution in [0.15, 0.2) is 66.9 Å². The fourth-order valence-electron chi connectivity index (χ4n) is 4.02. The number of benzene rings is 2. The lowest BCUT2D eigenvalue weighted by Gasteiger charge is -2.34. The molecule has 0 aliphatic carbocycles. The molecule has 0 unspecified atom stereocenters. The third-order valence-electron chi connectivity index (χ3n) is 5.86. The summed E-state index contributed by atoms with van der Waals surface area (Å²) in [5.74, 6) is 0.789. The molecule has 6 heteroatoms. The van der Waals surface area contributed by atoms with Gasteiger partial charge in [0.2, 0.25) is 0 Å². The van der Waals surface area contributed by atoms with Gasteiger partial charge in [-0.2, -0.15) is 0 Å². The van der Waals surface area contributed by atoms with Gasteiger partial charge in [0, 0.05) is 58.0 Å². The van der Waals surface area contributed by atoms with Gasteiger partial charge in [0.25, 0.3) is 5.91 Å². The molecule has 2 aromatic carbocycles.